The first-order chi connectivity index (χ1) is 14.2. The first-order valence-corrected chi connectivity index (χ1v) is 9.29. The van der Waals surface area contributed by atoms with Crippen LogP contribution in [0.15, 0.2) is 60.8 Å². The van der Waals surface area contributed by atoms with Crippen LogP contribution in [0.5, 0.6) is 0 Å². The van der Waals surface area contributed by atoms with Gasteiger partial charge in [-0.25, -0.2) is 9.97 Å². The quantitative estimate of drug-likeness (QED) is 0.641. The van der Waals surface area contributed by atoms with Gasteiger partial charge in [-0.2, -0.15) is 13.2 Å². The second-order valence-electron chi connectivity index (χ2n) is 6.95. The molecular formula is C22H21F3N4O. The van der Waals surface area contributed by atoms with Crippen molar-refractivity contribution >= 4 is 17.4 Å². The monoisotopic (exact) mass is 414 g/mol. The van der Waals surface area contributed by atoms with E-state index in [1.165, 1.54) is 0 Å². The Hall–Kier alpha value is -3.42. The summed E-state index contributed by atoms with van der Waals surface area (Å²) < 4.78 is 37.9. The predicted molar refractivity (Wildman–Crippen MR) is 110 cm³/mol. The number of aryl methyl sites for hydroxylation is 2. The molecule has 5 nitrogen and oxygen atoms in total. The molecule has 0 aliphatic heterocycles. The Morgan fingerprint density at radius 2 is 1.63 bits per heavy atom. The van der Waals surface area contributed by atoms with Crippen molar-refractivity contribution in [2.45, 2.75) is 19.0 Å². The fourth-order valence-electron chi connectivity index (χ4n) is 2.78. The molecule has 0 atom stereocenters. The fourth-order valence-corrected chi connectivity index (χ4v) is 2.78. The highest BCUT2D eigenvalue weighted by molar-refractivity contribution is 6.04. The Balaban J connectivity index is 1.58. The van der Waals surface area contributed by atoms with Crippen molar-refractivity contribution in [3.8, 4) is 0 Å². The summed E-state index contributed by atoms with van der Waals surface area (Å²) in [6.45, 7) is 0. The molecule has 1 amide bonds. The molecule has 3 rings (SSSR count). The first kappa shape index (κ1) is 21.3. The molecule has 1 heterocycles. The van der Waals surface area contributed by atoms with Gasteiger partial charge in [0.1, 0.15) is 11.6 Å². The molecule has 0 saturated carbocycles. The lowest BCUT2D eigenvalue weighted by molar-refractivity contribution is -0.137. The molecule has 0 aliphatic carbocycles. The van der Waals surface area contributed by atoms with Crippen molar-refractivity contribution in [3.63, 3.8) is 0 Å². The molecule has 0 spiro atoms. The molecule has 0 unspecified atom stereocenters. The summed E-state index contributed by atoms with van der Waals surface area (Å²) in [5, 5.41) is 2.69. The second kappa shape index (κ2) is 8.94. The van der Waals surface area contributed by atoms with Crippen molar-refractivity contribution in [1.82, 2.24) is 9.97 Å². The van der Waals surface area contributed by atoms with Crippen LogP contribution in [0.3, 0.4) is 0 Å². The van der Waals surface area contributed by atoms with Gasteiger partial charge < -0.3 is 10.2 Å². The number of carbonyl (C=O) groups excluding carboxylic acids is 1. The normalized spacial score (nSPS) is 11.2. The summed E-state index contributed by atoms with van der Waals surface area (Å²) in [5.41, 5.74) is 0.990. The van der Waals surface area contributed by atoms with E-state index >= 15 is 0 Å². The second-order valence-corrected chi connectivity index (χ2v) is 6.95. The van der Waals surface area contributed by atoms with Crippen LogP contribution in [0.4, 0.5) is 24.7 Å². The van der Waals surface area contributed by atoms with E-state index in [1.807, 2.05) is 37.2 Å². The fraction of sp³-hybridized carbons (Fsp3) is 0.227. The van der Waals surface area contributed by atoms with Gasteiger partial charge >= 0.3 is 6.18 Å². The number of carbonyl (C=O) groups is 1. The summed E-state index contributed by atoms with van der Waals surface area (Å²) in [6, 6.07) is 13.2. The summed E-state index contributed by atoms with van der Waals surface area (Å²) in [7, 11) is 3.84. The largest absolute Gasteiger partial charge is 0.416 e. The molecule has 2 aromatic carbocycles. The van der Waals surface area contributed by atoms with Crippen molar-refractivity contribution in [2.75, 3.05) is 24.3 Å². The van der Waals surface area contributed by atoms with Gasteiger partial charge in [0.05, 0.1) is 5.56 Å². The van der Waals surface area contributed by atoms with E-state index in [0.717, 1.165) is 47.9 Å². The van der Waals surface area contributed by atoms with E-state index in [9.17, 15) is 18.0 Å². The van der Waals surface area contributed by atoms with Gasteiger partial charge in [-0.05, 0) is 54.4 Å². The maximum absolute atomic E-state index is 12.6. The molecule has 0 fully saturated rings. The highest BCUT2D eigenvalue weighted by Gasteiger charge is 2.30. The van der Waals surface area contributed by atoms with Crippen LogP contribution in [0, 0.1) is 0 Å². The number of nitrogens with one attached hydrogen (secondary N) is 1. The number of rotatable bonds is 6. The Morgan fingerprint density at radius 3 is 2.23 bits per heavy atom. The topological polar surface area (TPSA) is 58.1 Å². The molecule has 156 valence electrons. The van der Waals surface area contributed by atoms with E-state index in [1.54, 1.807) is 18.3 Å². The molecule has 0 bridgehead atoms. The number of anilines is 2. The van der Waals surface area contributed by atoms with E-state index in [-0.39, 0.29) is 5.56 Å². The van der Waals surface area contributed by atoms with Crippen LogP contribution < -0.4 is 10.2 Å². The summed E-state index contributed by atoms with van der Waals surface area (Å²) in [5.74, 6) is 1.13. The Labute approximate surface area is 172 Å². The summed E-state index contributed by atoms with van der Waals surface area (Å²) in [4.78, 5) is 22.9. The van der Waals surface area contributed by atoms with Crippen LogP contribution >= 0.6 is 0 Å². The maximum Gasteiger partial charge on any atom is 0.416 e. The average molecular weight is 414 g/mol. The highest BCUT2D eigenvalue weighted by atomic mass is 19.4. The van der Waals surface area contributed by atoms with Gasteiger partial charge in [0, 0.05) is 38.0 Å². The van der Waals surface area contributed by atoms with Crippen molar-refractivity contribution in [3.05, 3.63) is 83.3 Å². The van der Waals surface area contributed by atoms with E-state index in [0.29, 0.717) is 12.1 Å². The minimum absolute atomic E-state index is 0.157. The molecule has 0 saturated heterocycles. The van der Waals surface area contributed by atoms with Gasteiger partial charge in [0.25, 0.3) is 5.91 Å². The minimum Gasteiger partial charge on any atom is -0.363 e. The number of hydrogen-bond acceptors (Lipinski definition) is 4. The van der Waals surface area contributed by atoms with Gasteiger partial charge in [0.2, 0.25) is 0 Å². The third-order valence-electron chi connectivity index (χ3n) is 4.47. The number of amides is 1. The van der Waals surface area contributed by atoms with E-state index in [2.05, 4.69) is 15.3 Å². The number of halogens is 3. The third-order valence-corrected chi connectivity index (χ3v) is 4.47. The molecule has 3 aromatic rings. The number of benzene rings is 2. The SMILES string of the molecule is CN(C)c1ccnc(CCc2ccc(NC(=O)c3ccc(C(F)(F)F)cc3)cc2)n1. The number of hydrogen-bond donors (Lipinski definition) is 1. The molecule has 0 aliphatic rings. The predicted octanol–water partition coefficient (Wildman–Crippen LogP) is 4.60. The van der Waals surface area contributed by atoms with Gasteiger partial charge in [-0.3, -0.25) is 4.79 Å². The molecule has 0 radical (unpaired) electrons. The number of alkyl halides is 3. The van der Waals surface area contributed by atoms with Crippen LogP contribution in [-0.2, 0) is 19.0 Å². The zero-order chi connectivity index (χ0) is 21.7. The summed E-state index contributed by atoms with van der Waals surface area (Å²) >= 11 is 0. The van der Waals surface area contributed by atoms with Crippen molar-refractivity contribution in [2.24, 2.45) is 0 Å². The van der Waals surface area contributed by atoms with Gasteiger partial charge in [0.15, 0.2) is 0 Å². The number of aromatic nitrogens is 2. The van der Waals surface area contributed by atoms with Gasteiger partial charge in [-0.15, -0.1) is 0 Å². The lowest BCUT2D eigenvalue weighted by Crippen LogP contribution is -2.13. The molecule has 30 heavy (non-hydrogen) atoms. The average Bonchev–Trinajstić information content (AvgIpc) is 2.73. The zero-order valence-electron chi connectivity index (χ0n) is 16.6. The van der Waals surface area contributed by atoms with E-state index in [4.69, 9.17) is 0 Å². The molecule has 1 aromatic heterocycles. The Kier molecular flexibility index (Phi) is 6.34. The Morgan fingerprint density at radius 1 is 0.967 bits per heavy atom. The molecule has 8 heteroatoms. The lowest BCUT2D eigenvalue weighted by atomic mass is 10.1. The minimum atomic E-state index is -4.43. The van der Waals surface area contributed by atoms with Crippen LogP contribution in [0.25, 0.3) is 0 Å². The molecular weight excluding hydrogens is 393 g/mol. The first-order valence-electron chi connectivity index (χ1n) is 9.29. The van der Waals surface area contributed by atoms with Crippen LogP contribution in [-0.4, -0.2) is 30.0 Å². The third kappa shape index (κ3) is 5.56. The van der Waals surface area contributed by atoms with Crippen molar-refractivity contribution in [1.29, 1.82) is 0 Å². The standard InChI is InChI=1S/C22H21F3N4O/c1-29(2)20-13-14-26-19(28-20)12-5-15-3-10-18(11-4-15)27-21(30)16-6-8-17(9-7-16)22(23,24)25/h3-4,6-11,13-14H,5,12H2,1-2H3,(H,27,30). The van der Waals surface area contributed by atoms with Gasteiger partial charge in [-0.1, -0.05) is 12.1 Å². The number of nitrogens with zero attached hydrogens (tertiary/aromatic N) is 3. The van der Waals surface area contributed by atoms with Crippen LogP contribution in [0.1, 0.15) is 27.3 Å². The highest BCUT2D eigenvalue weighted by Crippen LogP contribution is 2.29. The van der Waals surface area contributed by atoms with E-state index < -0.39 is 17.6 Å². The smallest absolute Gasteiger partial charge is 0.363 e. The Bertz CT molecular complexity index is 1000. The molecule has 1 N–H and O–H groups in total. The summed E-state index contributed by atoms with van der Waals surface area (Å²) in [6.07, 6.45) is -1.27. The van der Waals surface area contributed by atoms with Crippen molar-refractivity contribution < 1.29 is 18.0 Å². The lowest BCUT2D eigenvalue weighted by Gasteiger charge is -2.11. The maximum atomic E-state index is 12.6. The van der Waals surface area contributed by atoms with Crippen LogP contribution in [0.2, 0.25) is 0 Å². The zero-order valence-corrected chi connectivity index (χ0v) is 16.6.